The molecule has 1 fully saturated rings. The molecule has 1 aliphatic heterocycles. The van der Waals surface area contributed by atoms with Crippen LogP contribution in [0.2, 0.25) is 0 Å². The first kappa shape index (κ1) is 24.7. The second kappa shape index (κ2) is 9.54. The van der Waals surface area contributed by atoms with E-state index in [0.717, 1.165) is 6.07 Å². The summed E-state index contributed by atoms with van der Waals surface area (Å²) in [6, 6.07) is 6.57. The third-order valence-corrected chi connectivity index (χ3v) is 5.42. The molecule has 33 heavy (non-hydrogen) atoms. The molecule has 8 nitrogen and oxygen atoms in total. The predicted octanol–water partition coefficient (Wildman–Crippen LogP) is 2.75. The van der Waals surface area contributed by atoms with Crippen molar-refractivity contribution >= 4 is 5.91 Å². The van der Waals surface area contributed by atoms with E-state index < -0.39 is 34.5 Å². The lowest BCUT2D eigenvalue weighted by Gasteiger charge is -2.38. The van der Waals surface area contributed by atoms with Gasteiger partial charge in [-0.2, -0.15) is 13.2 Å². The summed E-state index contributed by atoms with van der Waals surface area (Å²) in [5, 5.41) is 0. The predicted molar refractivity (Wildman–Crippen MR) is 112 cm³/mol. The van der Waals surface area contributed by atoms with Gasteiger partial charge in [-0.15, -0.1) is 0 Å². The number of nitrogens with two attached hydrogens (primary N) is 1. The van der Waals surface area contributed by atoms with E-state index in [4.69, 9.17) is 24.7 Å². The molecule has 0 bridgehead atoms. The lowest BCUT2D eigenvalue weighted by Crippen LogP contribution is -2.50. The van der Waals surface area contributed by atoms with E-state index in [1.54, 1.807) is 12.1 Å². The fourth-order valence-corrected chi connectivity index (χ4v) is 3.29. The van der Waals surface area contributed by atoms with Crippen LogP contribution in [0.15, 0.2) is 35.1 Å². The molecule has 3 N–H and O–H groups in total. The number of nitrogens with one attached hydrogen (secondary N) is 1. The molecule has 1 aromatic heterocycles. The lowest BCUT2D eigenvalue weighted by molar-refractivity contribution is -0.209. The number of alkyl halides is 3. The minimum absolute atomic E-state index is 0.118. The first-order valence-electron chi connectivity index (χ1n) is 10.1. The van der Waals surface area contributed by atoms with Gasteiger partial charge in [-0.25, -0.2) is 0 Å². The van der Waals surface area contributed by atoms with Gasteiger partial charge in [0.15, 0.2) is 0 Å². The van der Waals surface area contributed by atoms with Crippen molar-refractivity contribution in [3.63, 3.8) is 0 Å². The second-order valence-electron chi connectivity index (χ2n) is 8.09. The van der Waals surface area contributed by atoms with Crippen molar-refractivity contribution < 1.29 is 36.9 Å². The number of methoxy groups -OCH3 is 1. The molecule has 1 aromatic carbocycles. The smallest absolute Gasteiger partial charge is 0.431 e. The maximum Gasteiger partial charge on any atom is 0.431 e. The minimum atomic E-state index is -4.84. The van der Waals surface area contributed by atoms with E-state index in [-0.39, 0.29) is 29.9 Å². The van der Waals surface area contributed by atoms with Gasteiger partial charge in [0.1, 0.15) is 35.8 Å². The number of halogens is 3. The zero-order valence-corrected chi connectivity index (χ0v) is 18.3. The topological polar surface area (TPSA) is 113 Å². The summed E-state index contributed by atoms with van der Waals surface area (Å²) in [6.45, 7) is 4.65. The van der Waals surface area contributed by atoms with Gasteiger partial charge in [-0.1, -0.05) is 12.1 Å². The summed E-state index contributed by atoms with van der Waals surface area (Å²) < 4.78 is 63.0. The first-order valence-corrected chi connectivity index (χ1v) is 10.1. The fourth-order valence-electron chi connectivity index (χ4n) is 3.29. The Hall–Kier alpha value is -2.89. The van der Waals surface area contributed by atoms with Crippen LogP contribution < -0.4 is 16.0 Å². The fraction of sp³-hybridized carbons (Fsp3) is 0.455. The quantitative estimate of drug-likeness (QED) is 0.644. The van der Waals surface area contributed by atoms with Gasteiger partial charge in [0.05, 0.1) is 18.8 Å². The van der Waals surface area contributed by atoms with Crippen LogP contribution in [0.3, 0.4) is 0 Å². The molecule has 180 valence electrons. The standard InChI is InChI=1S/C22H25F3N2O6/c1-21(2,30-3)17-11-31-9-14(33-17)10-32-13-6-4-12(5-7-13)15-8-16(19(26)28)20(29)27-18(15)22(23,24)25/h4-8,14,17H,9-11H2,1-3H3,(H2,26,28)(H,27,29). The summed E-state index contributed by atoms with van der Waals surface area (Å²) >= 11 is 0. The van der Waals surface area contributed by atoms with Crippen LogP contribution in [0, 0.1) is 0 Å². The third kappa shape index (κ3) is 5.73. The van der Waals surface area contributed by atoms with Gasteiger partial charge in [-0.05, 0) is 37.6 Å². The molecule has 0 radical (unpaired) electrons. The van der Waals surface area contributed by atoms with E-state index in [1.807, 2.05) is 13.8 Å². The zero-order valence-electron chi connectivity index (χ0n) is 18.3. The SMILES string of the molecule is COC(C)(C)C1COCC(COc2ccc(-c3cc(C(N)=O)c(=O)[nH]c3C(F)(F)F)cc2)O1. The summed E-state index contributed by atoms with van der Waals surface area (Å²) in [6.07, 6.45) is -5.48. The van der Waals surface area contributed by atoms with Gasteiger partial charge in [0.25, 0.3) is 11.5 Å². The number of carbonyl (C=O) groups is 1. The summed E-state index contributed by atoms with van der Waals surface area (Å²) in [5.74, 6) is -0.737. The number of rotatable bonds is 7. The molecule has 3 rings (SSSR count). The van der Waals surface area contributed by atoms with Crippen molar-refractivity contribution in [2.24, 2.45) is 5.73 Å². The molecule has 0 spiro atoms. The number of H-pyrrole nitrogens is 1. The number of benzene rings is 1. The minimum Gasteiger partial charge on any atom is -0.491 e. The third-order valence-electron chi connectivity index (χ3n) is 5.42. The van der Waals surface area contributed by atoms with E-state index in [2.05, 4.69) is 0 Å². The number of pyridine rings is 1. The van der Waals surface area contributed by atoms with E-state index in [1.165, 1.54) is 24.3 Å². The number of aromatic nitrogens is 1. The molecule has 2 heterocycles. The van der Waals surface area contributed by atoms with Crippen LogP contribution in [-0.4, -0.2) is 55.6 Å². The summed E-state index contributed by atoms with van der Waals surface area (Å²) in [5.41, 5.74) is 1.26. The van der Waals surface area contributed by atoms with Crippen LogP contribution >= 0.6 is 0 Å². The maximum atomic E-state index is 13.4. The number of ether oxygens (including phenoxy) is 4. The van der Waals surface area contributed by atoms with E-state index >= 15 is 0 Å². The van der Waals surface area contributed by atoms with Gasteiger partial charge in [-0.3, -0.25) is 9.59 Å². The molecule has 2 atom stereocenters. The lowest BCUT2D eigenvalue weighted by atomic mass is 10.0. The highest BCUT2D eigenvalue weighted by molar-refractivity contribution is 5.94. The van der Waals surface area contributed by atoms with E-state index in [0.29, 0.717) is 19.0 Å². The normalized spacial score (nSPS) is 19.3. The molecule has 0 saturated carbocycles. The largest absolute Gasteiger partial charge is 0.491 e. The Balaban J connectivity index is 1.76. The van der Waals surface area contributed by atoms with Gasteiger partial charge >= 0.3 is 6.18 Å². The Morgan fingerprint density at radius 1 is 1.21 bits per heavy atom. The molecule has 2 unspecified atom stereocenters. The number of amides is 1. The zero-order chi connectivity index (χ0) is 24.4. The summed E-state index contributed by atoms with van der Waals surface area (Å²) in [4.78, 5) is 24.9. The molecule has 11 heteroatoms. The molecular formula is C22H25F3N2O6. The second-order valence-corrected chi connectivity index (χ2v) is 8.09. The highest BCUT2D eigenvalue weighted by Gasteiger charge is 2.37. The molecular weight excluding hydrogens is 445 g/mol. The Bertz CT molecular complexity index is 1050. The Morgan fingerprint density at radius 3 is 2.45 bits per heavy atom. The number of primary amides is 1. The van der Waals surface area contributed by atoms with Gasteiger partial charge < -0.3 is 29.7 Å². The van der Waals surface area contributed by atoms with Gasteiger partial charge in [0, 0.05) is 12.7 Å². The van der Waals surface area contributed by atoms with Crippen molar-refractivity contribution in [1.82, 2.24) is 4.98 Å². The number of carbonyl (C=O) groups excluding carboxylic acids is 1. The number of hydrogen-bond donors (Lipinski definition) is 2. The van der Waals surface area contributed by atoms with Crippen LogP contribution in [-0.2, 0) is 20.4 Å². The maximum absolute atomic E-state index is 13.4. The summed E-state index contributed by atoms with van der Waals surface area (Å²) in [7, 11) is 1.59. The van der Waals surface area contributed by atoms with Crippen molar-refractivity contribution in [2.75, 3.05) is 26.9 Å². The Labute approximate surface area is 187 Å². The van der Waals surface area contributed by atoms with E-state index in [9.17, 15) is 22.8 Å². The van der Waals surface area contributed by atoms with Gasteiger partial charge in [0.2, 0.25) is 0 Å². The first-order chi connectivity index (χ1) is 15.4. The highest BCUT2D eigenvalue weighted by atomic mass is 19.4. The van der Waals surface area contributed by atoms with Crippen LogP contribution in [0.5, 0.6) is 5.75 Å². The number of hydrogen-bond acceptors (Lipinski definition) is 6. The van der Waals surface area contributed by atoms with Crippen LogP contribution in [0.1, 0.15) is 29.9 Å². The van der Waals surface area contributed by atoms with Crippen molar-refractivity contribution in [2.45, 2.75) is 37.8 Å². The van der Waals surface area contributed by atoms with Crippen LogP contribution in [0.4, 0.5) is 13.2 Å². The molecule has 2 aromatic rings. The monoisotopic (exact) mass is 470 g/mol. The Kier molecular flexibility index (Phi) is 7.15. The van der Waals surface area contributed by atoms with Crippen LogP contribution in [0.25, 0.3) is 11.1 Å². The average Bonchev–Trinajstić information content (AvgIpc) is 2.77. The molecule has 1 amide bonds. The van der Waals surface area contributed by atoms with Crippen molar-refractivity contribution in [3.8, 4) is 16.9 Å². The number of aromatic amines is 1. The molecule has 1 saturated heterocycles. The van der Waals surface area contributed by atoms with Crippen molar-refractivity contribution in [1.29, 1.82) is 0 Å². The Morgan fingerprint density at radius 2 is 1.88 bits per heavy atom. The molecule has 0 aliphatic carbocycles. The average molecular weight is 470 g/mol. The highest BCUT2D eigenvalue weighted by Crippen LogP contribution is 2.36. The van der Waals surface area contributed by atoms with Crippen molar-refractivity contribution in [3.05, 3.63) is 51.9 Å². The molecule has 1 aliphatic rings.